The molecule has 2 aromatic rings. The zero-order valence-corrected chi connectivity index (χ0v) is 16.3. The van der Waals surface area contributed by atoms with Gasteiger partial charge in [-0.3, -0.25) is 9.69 Å². The first-order chi connectivity index (χ1) is 12.9. The minimum atomic E-state index is -1.10. The molecule has 0 unspecified atom stereocenters. The van der Waals surface area contributed by atoms with Crippen LogP contribution >= 0.6 is 11.3 Å². The molecule has 7 nitrogen and oxygen atoms in total. The number of hydrogen-bond donors (Lipinski definition) is 2. The van der Waals surface area contributed by atoms with Crippen molar-refractivity contribution in [2.75, 3.05) is 13.7 Å². The molecular weight excluding hydrogens is 366 g/mol. The van der Waals surface area contributed by atoms with E-state index in [1.165, 1.54) is 7.11 Å². The molecule has 0 radical (unpaired) electrons. The van der Waals surface area contributed by atoms with Gasteiger partial charge >= 0.3 is 6.09 Å². The van der Waals surface area contributed by atoms with Gasteiger partial charge in [0.25, 0.3) is 0 Å². The van der Waals surface area contributed by atoms with Crippen molar-refractivity contribution in [3.05, 3.63) is 41.0 Å². The van der Waals surface area contributed by atoms with Gasteiger partial charge < -0.3 is 15.2 Å². The van der Waals surface area contributed by atoms with Gasteiger partial charge in [-0.05, 0) is 25.0 Å². The van der Waals surface area contributed by atoms with Gasteiger partial charge in [0.05, 0.1) is 34.8 Å². The maximum atomic E-state index is 12.6. The topological polar surface area (TPSA) is 91.8 Å². The molecule has 1 saturated heterocycles. The number of carbonyl (C=O) groups is 2. The summed E-state index contributed by atoms with van der Waals surface area (Å²) in [4.78, 5) is 30.6. The molecule has 1 aromatic heterocycles. The van der Waals surface area contributed by atoms with Crippen LogP contribution in [0.5, 0.6) is 0 Å². The van der Waals surface area contributed by atoms with Crippen molar-refractivity contribution >= 4 is 23.3 Å². The smallest absolute Gasteiger partial charge is 0.408 e. The van der Waals surface area contributed by atoms with Crippen molar-refractivity contribution in [2.24, 2.45) is 0 Å². The third kappa shape index (κ3) is 4.12. The van der Waals surface area contributed by atoms with E-state index in [4.69, 9.17) is 4.74 Å². The van der Waals surface area contributed by atoms with E-state index in [1.54, 1.807) is 11.3 Å². The van der Waals surface area contributed by atoms with Crippen LogP contribution in [0.1, 0.15) is 30.6 Å². The minimum Gasteiger partial charge on any atom is -0.465 e. The third-order valence-electron chi connectivity index (χ3n) is 4.92. The summed E-state index contributed by atoms with van der Waals surface area (Å²) in [6.07, 6.45) is -0.994. The number of hydrogen-bond acceptors (Lipinski definition) is 5. The molecule has 1 fully saturated rings. The second-order valence-corrected chi connectivity index (χ2v) is 7.52. The number of carbonyl (C=O) groups excluding carboxylic acids is 1. The zero-order valence-electron chi connectivity index (χ0n) is 15.5. The number of thiazole rings is 1. The number of methoxy groups -OCH3 is 1. The van der Waals surface area contributed by atoms with Gasteiger partial charge in [0.1, 0.15) is 6.04 Å². The largest absolute Gasteiger partial charge is 0.465 e. The lowest BCUT2D eigenvalue weighted by Crippen LogP contribution is -2.46. The molecule has 8 heteroatoms. The fourth-order valence-electron chi connectivity index (χ4n) is 3.32. The first-order valence-electron chi connectivity index (χ1n) is 8.73. The number of aryl methyl sites for hydroxylation is 1. The van der Waals surface area contributed by atoms with E-state index in [9.17, 15) is 14.7 Å². The highest BCUT2D eigenvalue weighted by molar-refractivity contribution is 7.13. The van der Waals surface area contributed by atoms with Gasteiger partial charge in [-0.25, -0.2) is 9.78 Å². The Morgan fingerprint density at radius 3 is 2.63 bits per heavy atom. The number of aromatic nitrogens is 1. The average molecular weight is 389 g/mol. The number of amides is 2. The van der Waals surface area contributed by atoms with Crippen LogP contribution in [-0.2, 0) is 9.53 Å². The fraction of sp³-hybridized carbons (Fsp3) is 0.421. The quantitative estimate of drug-likeness (QED) is 0.820. The van der Waals surface area contributed by atoms with Gasteiger partial charge in [0.15, 0.2) is 0 Å². The predicted octanol–water partition coefficient (Wildman–Crippen LogP) is 3.06. The summed E-state index contributed by atoms with van der Waals surface area (Å²) in [5, 5.41) is 12.3. The highest BCUT2D eigenvalue weighted by atomic mass is 32.1. The molecule has 2 N–H and O–H groups in total. The van der Waals surface area contributed by atoms with Crippen LogP contribution in [0.25, 0.3) is 10.4 Å². The van der Waals surface area contributed by atoms with Crippen LogP contribution in [0.15, 0.2) is 29.8 Å². The molecular formula is C19H23N3O4S. The van der Waals surface area contributed by atoms with Crippen molar-refractivity contribution in [2.45, 2.75) is 38.5 Å². The standard InChI is InChI=1S/C19H23N3O4S/c1-11(13-4-6-14(7-5-13)17-12(2)20-10-27-17)21-18(23)16-8-15(26-3)9-22(16)19(24)25/h4-7,10-11,15-16H,8-9H2,1-3H3,(H,21,23)(H,24,25)/t11-,15+,16-/m0/s1. The number of rotatable bonds is 5. The summed E-state index contributed by atoms with van der Waals surface area (Å²) in [7, 11) is 1.53. The molecule has 27 heavy (non-hydrogen) atoms. The molecule has 0 spiro atoms. The van der Waals surface area contributed by atoms with Crippen molar-refractivity contribution in [1.29, 1.82) is 0 Å². The summed E-state index contributed by atoms with van der Waals surface area (Å²) < 4.78 is 5.23. The number of ether oxygens (including phenoxy) is 1. The van der Waals surface area contributed by atoms with Crippen molar-refractivity contribution < 1.29 is 19.4 Å². The van der Waals surface area contributed by atoms with E-state index >= 15 is 0 Å². The lowest BCUT2D eigenvalue weighted by Gasteiger charge is -2.23. The highest BCUT2D eigenvalue weighted by Crippen LogP contribution is 2.28. The molecule has 0 aliphatic carbocycles. The Bertz CT molecular complexity index is 821. The summed E-state index contributed by atoms with van der Waals surface area (Å²) in [5.74, 6) is -0.299. The molecule has 2 heterocycles. The molecule has 0 bridgehead atoms. The van der Waals surface area contributed by atoms with E-state index in [0.717, 1.165) is 26.6 Å². The summed E-state index contributed by atoms with van der Waals surface area (Å²) in [5.41, 5.74) is 4.87. The Morgan fingerprint density at radius 2 is 2.07 bits per heavy atom. The van der Waals surface area contributed by atoms with Crippen molar-refractivity contribution in [1.82, 2.24) is 15.2 Å². The molecule has 1 aliphatic heterocycles. The SMILES string of the molecule is CO[C@@H]1C[C@@H](C(=O)N[C@@H](C)c2ccc(-c3scnc3C)cc2)N(C(=O)O)C1. The number of nitrogens with zero attached hydrogens (tertiary/aromatic N) is 2. The van der Waals surface area contributed by atoms with Crippen molar-refractivity contribution in [3.8, 4) is 10.4 Å². The van der Waals surface area contributed by atoms with Crippen LogP contribution in [0.2, 0.25) is 0 Å². The van der Waals surface area contributed by atoms with E-state index < -0.39 is 12.1 Å². The van der Waals surface area contributed by atoms with Crippen LogP contribution in [0.3, 0.4) is 0 Å². The van der Waals surface area contributed by atoms with Crippen molar-refractivity contribution in [3.63, 3.8) is 0 Å². The minimum absolute atomic E-state index is 0.210. The summed E-state index contributed by atoms with van der Waals surface area (Å²) >= 11 is 1.60. The van der Waals surface area contributed by atoms with Gasteiger partial charge in [-0.1, -0.05) is 24.3 Å². The Hall–Kier alpha value is -2.45. The highest BCUT2D eigenvalue weighted by Gasteiger charge is 2.40. The van der Waals surface area contributed by atoms with Gasteiger partial charge in [0.2, 0.25) is 5.91 Å². The molecule has 144 valence electrons. The Labute approximate surface area is 162 Å². The normalized spacial score (nSPS) is 20.5. The molecule has 1 aromatic carbocycles. The van der Waals surface area contributed by atoms with Gasteiger partial charge in [-0.2, -0.15) is 0 Å². The second kappa shape index (κ2) is 8.06. The molecule has 3 rings (SSSR count). The predicted molar refractivity (Wildman–Crippen MR) is 103 cm³/mol. The Kier molecular flexibility index (Phi) is 5.76. The molecule has 2 amide bonds. The average Bonchev–Trinajstić information content (AvgIpc) is 3.28. The second-order valence-electron chi connectivity index (χ2n) is 6.66. The first-order valence-corrected chi connectivity index (χ1v) is 9.61. The lowest BCUT2D eigenvalue weighted by molar-refractivity contribution is -0.125. The fourth-order valence-corrected chi connectivity index (χ4v) is 4.13. The van der Waals surface area contributed by atoms with Gasteiger partial charge in [0, 0.05) is 13.5 Å². The number of benzene rings is 1. The van der Waals surface area contributed by atoms with Crippen LogP contribution in [0.4, 0.5) is 4.79 Å². The van der Waals surface area contributed by atoms with Crippen LogP contribution < -0.4 is 5.32 Å². The summed E-state index contributed by atoms with van der Waals surface area (Å²) in [6, 6.07) is 7.01. The maximum Gasteiger partial charge on any atom is 0.408 e. The zero-order chi connectivity index (χ0) is 19.6. The van der Waals surface area contributed by atoms with E-state index in [-0.39, 0.29) is 24.6 Å². The van der Waals surface area contributed by atoms with E-state index in [1.807, 2.05) is 43.6 Å². The van der Waals surface area contributed by atoms with Crippen LogP contribution in [0, 0.1) is 6.92 Å². The van der Waals surface area contributed by atoms with Gasteiger partial charge in [-0.15, -0.1) is 11.3 Å². The Morgan fingerprint density at radius 1 is 1.37 bits per heavy atom. The van der Waals surface area contributed by atoms with E-state index in [2.05, 4.69) is 10.3 Å². The number of nitrogens with one attached hydrogen (secondary N) is 1. The number of likely N-dealkylation sites (tertiary alicyclic amines) is 1. The monoisotopic (exact) mass is 389 g/mol. The van der Waals surface area contributed by atoms with E-state index in [0.29, 0.717) is 6.42 Å². The Balaban J connectivity index is 1.67. The molecule has 0 saturated carbocycles. The third-order valence-corrected chi connectivity index (χ3v) is 5.90. The lowest BCUT2D eigenvalue weighted by atomic mass is 10.0. The molecule has 1 aliphatic rings. The number of carboxylic acid groups (broad SMARTS) is 1. The summed E-state index contributed by atoms with van der Waals surface area (Å²) in [6.45, 7) is 4.07. The van der Waals surface area contributed by atoms with Crippen LogP contribution in [-0.4, -0.2) is 52.8 Å². The first kappa shape index (κ1) is 19.3. The molecule has 3 atom stereocenters. The maximum absolute atomic E-state index is 12.6.